The van der Waals surface area contributed by atoms with Crippen molar-refractivity contribution >= 4 is 35.4 Å². The van der Waals surface area contributed by atoms with Gasteiger partial charge in [0.2, 0.25) is 5.91 Å². The summed E-state index contributed by atoms with van der Waals surface area (Å²) in [6.45, 7) is 3.71. The minimum absolute atomic E-state index is 0.0211. The first-order chi connectivity index (χ1) is 10.6. The lowest BCUT2D eigenvalue weighted by Crippen LogP contribution is -2.55. The van der Waals surface area contributed by atoms with Crippen molar-refractivity contribution < 1.29 is 19.4 Å². The number of carboxylic acids is 1. The largest absolute Gasteiger partial charge is 0.477 e. The summed E-state index contributed by atoms with van der Waals surface area (Å²) in [6, 6.07) is 0.622. The van der Waals surface area contributed by atoms with E-state index < -0.39 is 5.97 Å². The number of amides is 1. The SMILES string of the molecule is O=C(O)C1=C(SC2CN(C3CCOCC3)C2)SC2CC(=O)N12. The molecule has 4 aliphatic heterocycles. The predicted octanol–water partition coefficient (Wildman–Crippen LogP) is 1.14. The van der Waals surface area contributed by atoms with E-state index in [2.05, 4.69) is 4.90 Å². The van der Waals surface area contributed by atoms with E-state index >= 15 is 0 Å². The Morgan fingerprint density at radius 3 is 2.68 bits per heavy atom. The zero-order valence-corrected chi connectivity index (χ0v) is 13.7. The number of aliphatic carboxylic acids is 1. The summed E-state index contributed by atoms with van der Waals surface area (Å²) in [4.78, 5) is 27.0. The Balaban J connectivity index is 1.36. The quantitative estimate of drug-likeness (QED) is 0.768. The van der Waals surface area contributed by atoms with Crippen LogP contribution in [-0.2, 0) is 14.3 Å². The number of fused-ring (bicyclic) bond motifs is 1. The number of β-lactam (4-membered cyclic amide) rings is 1. The third kappa shape index (κ3) is 2.46. The first-order valence-corrected chi connectivity index (χ1v) is 9.34. The van der Waals surface area contributed by atoms with Crippen molar-refractivity contribution in [2.45, 2.75) is 35.9 Å². The molecule has 1 atom stereocenters. The van der Waals surface area contributed by atoms with Crippen LogP contribution in [0.15, 0.2) is 9.93 Å². The van der Waals surface area contributed by atoms with Gasteiger partial charge in [-0.25, -0.2) is 4.79 Å². The van der Waals surface area contributed by atoms with Crippen LogP contribution in [0.4, 0.5) is 0 Å². The zero-order chi connectivity index (χ0) is 15.3. The normalized spacial score (nSPS) is 30.3. The molecule has 0 aromatic heterocycles. The number of nitrogens with zero attached hydrogens (tertiary/aromatic N) is 2. The van der Waals surface area contributed by atoms with E-state index in [-0.39, 0.29) is 17.0 Å². The lowest BCUT2D eigenvalue weighted by Gasteiger charge is -2.45. The molecule has 0 aliphatic carbocycles. The van der Waals surface area contributed by atoms with Crippen molar-refractivity contribution in [3.05, 3.63) is 9.93 Å². The van der Waals surface area contributed by atoms with Crippen LogP contribution in [0.2, 0.25) is 0 Å². The van der Waals surface area contributed by atoms with E-state index in [1.807, 2.05) is 0 Å². The number of carboxylic acid groups (broad SMARTS) is 1. The van der Waals surface area contributed by atoms with Crippen molar-refractivity contribution in [2.24, 2.45) is 0 Å². The summed E-state index contributed by atoms with van der Waals surface area (Å²) < 4.78 is 6.21. The molecule has 0 spiro atoms. The fourth-order valence-corrected chi connectivity index (χ4v) is 6.54. The minimum atomic E-state index is -0.980. The maximum Gasteiger partial charge on any atom is 0.354 e. The molecule has 0 aromatic rings. The Morgan fingerprint density at radius 2 is 2.05 bits per heavy atom. The summed E-state index contributed by atoms with van der Waals surface area (Å²) in [6.07, 6.45) is 2.66. The molecular formula is C14H18N2O4S2. The molecule has 3 saturated heterocycles. The summed E-state index contributed by atoms with van der Waals surface area (Å²) in [5.41, 5.74) is 0.209. The predicted molar refractivity (Wildman–Crippen MR) is 84.3 cm³/mol. The number of carbonyl (C=O) groups excluding carboxylic acids is 1. The van der Waals surface area contributed by atoms with Crippen LogP contribution in [0, 0.1) is 0 Å². The first kappa shape index (κ1) is 14.9. The molecule has 4 aliphatic rings. The van der Waals surface area contributed by atoms with Crippen LogP contribution < -0.4 is 0 Å². The third-order valence-electron chi connectivity index (χ3n) is 4.64. The molecule has 0 bridgehead atoms. The molecule has 1 unspecified atom stereocenters. The van der Waals surface area contributed by atoms with Crippen molar-refractivity contribution in [3.8, 4) is 0 Å². The van der Waals surface area contributed by atoms with Gasteiger partial charge >= 0.3 is 5.97 Å². The van der Waals surface area contributed by atoms with Crippen LogP contribution in [0.25, 0.3) is 0 Å². The molecule has 3 fully saturated rings. The molecule has 4 rings (SSSR count). The van der Waals surface area contributed by atoms with Gasteiger partial charge in [0, 0.05) is 37.6 Å². The second-order valence-corrected chi connectivity index (χ2v) is 8.78. The number of thioether (sulfide) groups is 2. The molecule has 0 radical (unpaired) electrons. The number of rotatable bonds is 4. The zero-order valence-electron chi connectivity index (χ0n) is 12.1. The Kier molecular flexibility index (Phi) is 3.88. The summed E-state index contributed by atoms with van der Waals surface area (Å²) in [7, 11) is 0. The van der Waals surface area contributed by atoms with E-state index in [4.69, 9.17) is 4.74 Å². The van der Waals surface area contributed by atoms with E-state index in [1.54, 1.807) is 23.5 Å². The van der Waals surface area contributed by atoms with Crippen LogP contribution in [0.1, 0.15) is 19.3 Å². The van der Waals surface area contributed by atoms with Gasteiger partial charge in [-0.15, -0.1) is 11.8 Å². The standard InChI is InChI=1S/C14H18N2O4S2/c17-10-5-11-16(10)12(13(18)19)14(22-11)21-9-6-15(7-9)8-1-3-20-4-2-8/h8-9,11H,1-7H2,(H,18,19). The number of carbonyl (C=O) groups is 2. The van der Waals surface area contributed by atoms with Gasteiger partial charge in [-0.3, -0.25) is 14.6 Å². The maximum atomic E-state index is 11.6. The van der Waals surface area contributed by atoms with Crippen molar-refractivity contribution in [1.29, 1.82) is 0 Å². The lowest BCUT2D eigenvalue weighted by molar-refractivity contribution is -0.145. The van der Waals surface area contributed by atoms with Crippen LogP contribution in [0.3, 0.4) is 0 Å². The van der Waals surface area contributed by atoms with Crippen LogP contribution >= 0.6 is 23.5 Å². The average molecular weight is 342 g/mol. The second kappa shape index (κ2) is 5.74. The summed E-state index contributed by atoms with van der Waals surface area (Å²) in [5.74, 6) is -1.05. The maximum absolute atomic E-state index is 11.6. The van der Waals surface area contributed by atoms with Crippen LogP contribution in [-0.4, -0.2) is 69.8 Å². The van der Waals surface area contributed by atoms with Gasteiger partial charge in [0.25, 0.3) is 0 Å². The Labute approximate surface area is 137 Å². The molecule has 8 heteroatoms. The van der Waals surface area contributed by atoms with E-state index in [0.717, 1.165) is 43.4 Å². The molecule has 22 heavy (non-hydrogen) atoms. The fraction of sp³-hybridized carbons (Fsp3) is 0.714. The lowest BCUT2D eigenvalue weighted by atomic mass is 10.0. The van der Waals surface area contributed by atoms with Gasteiger partial charge in [0.05, 0.1) is 16.0 Å². The highest BCUT2D eigenvalue weighted by Crippen LogP contribution is 2.52. The Morgan fingerprint density at radius 1 is 1.32 bits per heavy atom. The number of hydrogen-bond acceptors (Lipinski definition) is 6. The molecular weight excluding hydrogens is 324 g/mol. The summed E-state index contributed by atoms with van der Waals surface area (Å²) in [5, 5.41) is 9.84. The third-order valence-corrected chi connectivity index (χ3v) is 7.32. The molecule has 1 N–H and O–H groups in total. The summed E-state index contributed by atoms with van der Waals surface area (Å²) >= 11 is 3.19. The molecule has 1 amide bonds. The fourth-order valence-electron chi connectivity index (χ4n) is 3.35. The number of likely N-dealkylation sites (tertiary alicyclic amines) is 1. The number of ether oxygens (including phenoxy) is 1. The monoisotopic (exact) mass is 342 g/mol. The van der Waals surface area contributed by atoms with Gasteiger partial charge in [-0.05, 0) is 12.8 Å². The smallest absolute Gasteiger partial charge is 0.354 e. The molecule has 0 saturated carbocycles. The van der Waals surface area contributed by atoms with Crippen LogP contribution in [0.5, 0.6) is 0 Å². The van der Waals surface area contributed by atoms with Gasteiger partial charge in [0.15, 0.2) is 5.70 Å². The average Bonchev–Trinajstić information content (AvgIpc) is 2.76. The van der Waals surface area contributed by atoms with Crippen molar-refractivity contribution in [1.82, 2.24) is 9.80 Å². The first-order valence-electron chi connectivity index (χ1n) is 7.58. The molecule has 0 aromatic carbocycles. The molecule has 6 nitrogen and oxygen atoms in total. The second-order valence-electron chi connectivity index (χ2n) is 6.02. The highest BCUT2D eigenvalue weighted by atomic mass is 32.2. The van der Waals surface area contributed by atoms with Gasteiger partial charge < -0.3 is 9.84 Å². The Hall–Kier alpha value is -0.700. The van der Waals surface area contributed by atoms with Crippen molar-refractivity contribution in [2.75, 3.05) is 26.3 Å². The van der Waals surface area contributed by atoms with Gasteiger partial charge in [-0.1, -0.05) is 11.8 Å². The van der Waals surface area contributed by atoms with Gasteiger partial charge in [-0.2, -0.15) is 0 Å². The minimum Gasteiger partial charge on any atom is -0.477 e. The van der Waals surface area contributed by atoms with E-state index in [1.165, 1.54) is 4.90 Å². The Bertz CT molecular complexity index is 541. The number of hydrogen-bond donors (Lipinski definition) is 1. The van der Waals surface area contributed by atoms with E-state index in [0.29, 0.717) is 17.7 Å². The topological polar surface area (TPSA) is 70.1 Å². The van der Waals surface area contributed by atoms with E-state index in [9.17, 15) is 14.7 Å². The van der Waals surface area contributed by atoms with Gasteiger partial charge in [0.1, 0.15) is 0 Å². The highest BCUT2D eigenvalue weighted by molar-refractivity contribution is 8.23. The molecule has 4 heterocycles. The molecule has 120 valence electrons. The highest BCUT2D eigenvalue weighted by Gasteiger charge is 2.49. The van der Waals surface area contributed by atoms with Crippen molar-refractivity contribution in [3.63, 3.8) is 0 Å².